The molecule has 0 aliphatic rings. The van der Waals surface area contributed by atoms with E-state index in [1.54, 1.807) is 0 Å². The fraction of sp³-hybridized carbons (Fsp3) is 0.0952. The van der Waals surface area contributed by atoms with Gasteiger partial charge in [0.1, 0.15) is 11.2 Å². The van der Waals surface area contributed by atoms with Gasteiger partial charge in [-0.25, -0.2) is 15.0 Å². The lowest BCUT2D eigenvalue weighted by Gasteiger charge is -2.17. The number of para-hydroxylation sites is 1. The van der Waals surface area contributed by atoms with Gasteiger partial charge >= 0.3 is 0 Å². The smallest absolute Gasteiger partial charge is 0.166 e. The number of furan rings is 1. The lowest BCUT2D eigenvalue weighted by Crippen LogP contribution is -2.04. The Balaban J connectivity index is 1.18. The molecule has 326 valence electrons. The number of nitrogens with zero attached hydrogens (tertiary/aromatic N) is 4. The molecule has 0 atom stereocenters. The van der Waals surface area contributed by atoms with E-state index < -0.39 is 0 Å². The fourth-order valence-corrected chi connectivity index (χ4v) is 10.9. The molecule has 5 heteroatoms. The van der Waals surface area contributed by atoms with Crippen molar-refractivity contribution >= 4 is 43.7 Å². The topological polar surface area (TPSA) is 56.7 Å². The predicted molar refractivity (Wildman–Crippen MR) is 282 cm³/mol. The zero-order valence-corrected chi connectivity index (χ0v) is 39.0. The molecule has 0 aliphatic carbocycles. The average molecular weight is 877 g/mol. The summed E-state index contributed by atoms with van der Waals surface area (Å²) in [5.74, 6) is 1.80. The number of hydrogen-bond acceptors (Lipinski definition) is 4. The van der Waals surface area contributed by atoms with E-state index in [-0.39, 0.29) is 0 Å². The number of aryl methyl sites for hydroxylation is 6. The molecule has 0 saturated carbocycles. The Morgan fingerprint density at radius 3 is 1.40 bits per heavy atom. The third-order valence-electron chi connectivity index (χ3n) is 13.6. The van der Waals surface area contributed by atoms with Crippen LogP contribution in [-0.2, 0) is 0 Å². The first-order chi connectivity index (χ1) is 33.2. The van der Waals surface area contributed by atoms with Gasteiger partial charge in [-0.3, -0.25) is 0 Å². The van der Waals surface area contributed by atoms with Crippen molar-refractivity contribution < 1.29 is 4.42 Å². The minimum Gasteiger partial charge on any atom is -0.456 e. The van der Waals surface area contributed by atoms with E-state index in [2.05, 4.69) is 180 Å². The molecular formula is C63H48N4O. The van der Waals surface area contributed by atoms with Crippen LogP contribution >= 0.6 is 0 Å². The number of hydrogen-bond donors (Lipinski definition) is 0. The predicted octanol–water partition coefficient (Wildman–Crippen LogP) is 16.7. The quantitative estimate of drug-likeness (QED) is 0.160. The molecule has 9 aromatic carbocycles. The molecule has 0 spiro atoms. The zero-order valence-electron chi connectivity index (χ0n) is 39.0. The summed E-state index contributed by atoms with van der Waals surface area (Å²) in [5.41, 5.74) is 22.3. The second-order valence-corrected chi connectivity index (χ2v) is 18.4. The third-order valence-corrected chi connectivity index (χ3v) is 13.6. The fourth-order valence-electron chi connectivity index (χ4n) is 10.9. The molecule has 0 N–H and O–H groups in total. The van der Waals surface area contributed by atoms with Crippen LogP contribution in [0.2, 0.25) is 0 Å². The van der Waals surface area contributed by atoms with Crippen molar-refractivity contribution in [2.24, 2.45) is 0 Å². The number of fused-ring (bicyclic) bond motifs is 6. The van der Waals surface area contributed by atoms with Gasteiger partial charge < -0.3 is 8.98 Å². The van der Waals surface area contributed by atoms with Crippen LogP contribution in [0.25, 0.3) is 117 Å². The minimum absolute atomic E-state index is 0.582. The summed E-state index contributed by atoms with van der Waals surface area (Å²) < 4.78 is 8.84. The molecule has 0 aliphatic heterocycles. The molecule has 3 heterocycles. The van der Waals surface area contributed by atoms with Crippen LogP contribution in [0.4, 0.5) is 0 Å². The summed E-state index contributed by atoms with van der Waals surface area (Å²) in [6, 6.07) is 64.9. The second-order valence-electron chi connectivity index (χ2n) is 18.4. The Bertz CT molecular complexity index is 3750. The summed E-state index contributed by atoms with van der Waals surface area (Å²) in [6.07, 6.45) is 0. The highest BCUT2D eigenvalue weighted by Crippen LogP contribution is 2.44. The molecule has 12 rings (SSSR count). The van der Waals surface area contributed by atoms with Gasteiger partial charge in [-0.2, -0.15) is 0 Å². The van der Waals surface area contributed by atoms with E-state index in [4.69, 9.17) is 19.4 Å². The molecule has 0 amide bonds. The summed E-state index contributed by atoms with van der Waals surface area (Å²) in [5, 5.41) is 4.51. The first-order valence-corrected chi connectivity index (χ1v) is 23.3. The Morgan fingerprint density at radius 2 is 0.838 bits per heavy atom. The monoisotopic (exact) mass is 876 g/mol. The summed E-state index contributed by atoms with van der Waals surface area (Å²) in [4.78, 5) is 15.9. The molecule has 0 radical (unpaired) electrons. The maximum absolute atomic E-state index is 6.42. The largest absolute Gasteiger partial charge is 0.456 e. The van der Waals surface area contributed by atoms with Crippen LogP contribution in [-0.4, -0.2) is 19.5 Å². The van der Waals surface area contributed by atoms with Crippen LogP contribution < -0.4 is 0 Å². The van der Waals surface area contributed by atoms with Gasteiger partial charge in [-0.15, -0.1) is 0 Å². The summed E-state index contributed by atoms with van der Waals surface area (Å²) >= 11 is 0. The highest BCUT2D eigenvalue weighted by Gasteiger charge is 2.23. The maximum Gasteiger partial charge on any atom is 0.166 e. The van der Waals surface area contributed by atoms with E-state index >= 15 is 0 Å². The van der Waals surface area contributed by atoms with Crippen molar-refractivity contribution in [2.45, 2.75) is 41.5 Å². The van der Waals surface area contributed by atoms with E-state index in [1.165, 1.54) is 66.4 Å². The molecule has 0 bridgehead atoms. The third kappa shape index (κ3) is 6.89. The first kappa shape index (κ1) is 41.1. The molecule has 68 heavy (non-hydrogen) atoms. The van der Waals surface area contributed by atoms with Crippen molar-refractivity contribution in [3.8, 4) is 73.2 Å². The van der Waals surface area contributed by atoms with Gasteiger partial charge in [0.15, 0.2) is 17.5 Å². The summed E-state index contributed by atoms with van der Waals surface area (Å²) in [7, 11) is 0. The minimum atomic E-state index is 0.582. The molecule has 0 unspecified atom stereocenters. The Kier molecular flexibility index (Phi) is 9.77. The lowest BCUT2D eigenvalue weighted by atomic mass is 9.91. The highest BCUT2D eigenvalue weighted by molar-refractivity contribution is 6.14. The standard InChI is InChI=1S/C63H48N4O/c1-37-30-39(3)58(40(4)31-37)46-25-28-53-50(35-46)51-36-47(59-41(5)32-38(2)33-42(59)6)26-29-54(51)67(53)55-27-24-45(48-21-15-23-57-60(48)49-20-13-14-22-56(49)68-57)34-52(55)63-65-61(43-16-9-7-10-17-43)64-62(66-63)44-18-11-8-12-19-44/h7-36H,1-6H3. The molecule has 0 saturated heterocycles. The van der Waals surface area contributed by atoms with Gasteiger partial charge in [0.2, 0.25) is 0 Å². The lowest BCUT2D eigenvalue weighted by molar-refractivity contribution is 0.669. The van der Waals surface area contributed by atoms with Gasteiger partial charge in [0.25, 0.3) is 0 Å². The Morgan fingerprint density at radius 1 is 0.353 bits per heavy atom. The zero-order chi connectivity index (χ0) is 46.2. The number of benzene rings is 9. The normalized spacial score (nSPS) is 11.7. The van der Waals surface area contributed by atoms with Crippen LogP contribution in [0.3, 0.4) is 0 Å². The SMILES string of the molecule is Cc1cc(C)c(-c2ccc3c(c2)c2cc(-c4c(C)cc(C)cc4C)ccc2n3-c2ccc(-c3cccc4oc5ccccc5c34)cc2-c2nc(-c3ccccc3)nc(-c3ccccc3)n2)c(C)c1. The molecule has 3 aromatic heterocycles. The van der Waals surface area contributed by atoms with Gasteiger partial charge in [-0.05, 0) is 146 Å². The van der Waals surface area contributed by atoms with E-state index in [0.717, 1.165) is 66.5 Å². The Hall–Kier alpha value is -8.41. The first-order valence-electron chi connectivity index (χ1n) is 23.3. The second kappa shape index (κ2) is 16.2. The molecule has 5 nitrogen and oxygen atoms in total. The maximum atomic E-state index is 6.42. The molecular weight excluding hydrogens is 829 g/mol. The van der Waals surface area contributed by atoms with Crippen molar-refractivity contribution in [3.05, 3.63) is 215 Å². The van der Waals surface area contributed by atoms with Crippen LogP contribution in [0.1, 0.15) is 33.4 Å². The van der Waals surface area contributed by atoms with Crippen molar-refractivity contribution in [1.29, 1.82) is 0 Å². The number of rotatable bonds is 7. The van der Waals surface area contributed by atoms with Crippen molar-refractivity contribution in [1.82, 2.24) is 19.5 Å². The van der Waals surface area contributed by atoms with Gasteiger partial charge in [0.05, 0.1) is 16.7 Å². The average Bonchev–Trinajstić information content (AvgIpc) is 3.89. The van der Waals surface area contributed by atoms with Crippen LogP contribution in [0.15, 0.2) is 186 Å². The molecule has 12 aromatic rings. The van der Waals surface area contributed by atoms with Crippen molar-refractivity contribution in [3.63, 3.8) is 0 Å². The Labute approximate surface area is 396 Å². The van der Waals surface area contributed by atoms with E-state index in [1.807, 2.05) is 48.5 Å². The van der Waals surface area contributed by atoms with Gasteiger partial charge in [0, 0.05) is 38.2 Å². The highest BCUT2D eigenvalue weighted by atomic mass is 16.3. The van der Waals surface area contributed by atoms with E-state index in [9.17, 15) is 0 Å². The van der Waals surface area contributed by atoms with Crippen molar-refractivity contribution in [2.75, 3.05) is 0 Å². The van der Waals surface area contributed by atoms with E-state index in [0.29, 0.717) is 17.5 Å². The van der Waals surface area contributed by atoms with Crippen LogP contribution in [0.5, 0.6) is 0 Å². The van der Waals surface area contributed by atoms with Crippen LogP contribution in [0, 0.1) is 41.5 Å². The van der Waals surface area contributed by atoms with Gasteiger partial charge in [-0.1, -0.05) is 145 Å². The summed E-state index contributed by atoms with van der Waals surface area (Å²) in [6.45, 7) is 13.3. The molecule has 0 fully saturated rings. The number of aromatic nitrogens is 4.